The van der Waals surface area contributed by atoms with Gasteiger partial charge < -0.3 is 19.5 Å². The molecule has 0 saturated carbocycles. The van der Waals surface area contributed by atoms with E-state index in [2.05, 4.69) is 32.3 Å². The van der Waals surface area contributed by atoms with Crippen LogP contribution in [-0.2, 0) is 16.0 Å². The summed E-state index contributed by atoms with van der Waals surface area (Å²) in [6.07, 6.45) is 5.42. The third-order valence-corrected chi connectivity index (χ3v) is 7.09. The summed E-state index contributed by atoms with van der Waals surface area (Å²) in [4.78, 5) is 11.6. The maximum atomic E-state index is 9.77. The summed E-state index contributed by atoms with van der Waals surface area (Å²) in [6.45, 7) is 6.31. The van der Waals surface area contributed by atoms with Crippen molar-refractivity contribution in [3.05, 3.63) is 66.0 Å². The molecule has 3 saturated heterocycles. The molecule has 3 fully saturated rings. The number of aromatic nitrogens is 2. The number of benzene rings is 1. The first-order valence-electron chi connectivity index (χ1n) is 12.5. The Balaban J connectivity index is 1.15. The number of nitrogens with one attached hydrogen (secondary N) is 1. The quantitative estimate of drug-likeness (QED) is 0.536. The van der Waals surface area contributed by atoms with Gasteiger partial charge in [0.25, 0.3) is 0 Å². The van der Waals surface area contributed by atoms with Crippen LogP contribution in [0.15, 0.2) is 54.9 Å². The standard InChI is InChI=1S/C28H29N5O3/c29-13-22-12-21(4-5-25(22)36-23-7-10-34-11-8-23)24-2-1-9-30-27(24)32-26-6-3-20(14-31-26)15-33-16-28(17-33)18-35-19-28/h1-6,9,12,14,23H,7-8,10-11,15-19H2,(H,30,31,32). The lowest BCUT2D eigenvalue weighted by molar-refractivity contribution is -0.191. The van der Waals surface area contributed by atoms with Gasteiger partial charge >= 0.3 is 0 Å². The van der Waals surface area contributed by atoms with Gasteiger partial charge in [-0.3, -0.25) is 4.90 Å². The first kappa shape index (κ1) is 22.9. The molecule has 0 radical (unpaired) electrons. The normalized spacial score (nSPS) is 19.2. The molecule has 0 amide bonds. The van der Waals surface area contributed by atoms with Gasteiger partial charge in [0.1, 0.15) is 29.6 Å². The fraction of sp³-hybridized carbons (Fsp3) is 0.393. The zero-order chi connectivity index (χ0) is 24.4. The Morgan fingerprint density at radius 3 is 2.67 bits per heavy atom. The van der Waals surface area contributed by atoms with E-state index in [9.17, 15) is 5.26 Å². The number of nitrogens with zero attached hydrogens (tertiary/aromatic N) is 4. The summed E-state index contributed by atoms with van der Waals surface area (Å²) in [5.74, 6) is 2.03. The number of likely N-dealkylation sites (tertiary alicyclic amines) is 1. The minimum Gasteiger partial charge on any atom is -0.489 e. The Morgan fingerprint density at radius 2 is 1.94 bits per heavy atom. The second kappa shape index (κ2) is 9.86. The van der Waals surface area contributed by atoms with Crippen LogP contribution in [0.2, 0.25) is 0 Å². The van der Waals surface area contributed by atoms with E-state index in [4.69, 9.17) is 14.2 Å². The van der Waals surface area contributed by atoms with Crippen molar-refractivity contribution in [1.82, 2.24) is 14.9 Å². The number of rotatable bonds is 7. The average Bonchev–Trinajstić information content (AvgIpc) is 2.87. The Hall–Kier alpha value is -3.51. The topological polar surface area (TPSA) is 92.5 Å². The highest BCUT2D eigenvalue weighted by Gasteiger charge is 2.48. The zero-order valence-corrected chi connectivity index (χ0v) is 20.2. The van der Waals surface area contributed by atoms with Crippen LogP contribution in [0.3, 0.4) is 0 Å². The molecule has 0 aliphatic carbocycles. The van der Waals surface area contributed by atoms with Gasteiger partial charge in [0, 0.05) is 55.8 Å². The van der Waals surface area contributed by atoms with Gasteiger partial charge in [-0.1, -0.05) is 12.1 Å². The Bertz CT molecular complexity index is 1250. The van der Waals surface area contributed by atoms with E-state index in [1.165, 1.54) is 5.56 Å². The molecule has 8 nitrogen and oxygen atoms in total. The molecule has 36 heavy (non-hydrogen) atoms. The van der Waals surface area contributed by atoms with E-state index in [0.717, 1.165) is 62.6 Å². The monoisotopic (exact) mass is 483 g/mol. The molecule has 0 atom stereocenters. The Labute approximate surface area is 210 Å². The second-order valence-electron chi connectivity index (χ2n) is 9.97. The minimum atomic E-state index is 0.0794. The molecule has 0 bridgehead atoms. The lowest BCUT2D eigenvalue weighted by atomic mass is 9.78. The van der Waals surface area contributed by atoms with E-state index in [1.54, 1.807) is 6.20 Å². The van der Waals surface area contributed by atoms with Gasteiger partial charge in [-0.2, -0.15) is 5.26 Å². The van der Waals surface area contributed by atoms with Crippen LogP contribution in [0.5, 0.6) is 5.75 Å². The van der Waals surface area contributed by atoms with Crippen molar-refractivity contribution in [2.75, 3.05) is 44.8 Å². The van der Waals surface area contributed by atoms with E-state index in [0.29, 0.717) is 35.8 Å². The molecule has 1 aromatic carbocycles. The molecule has 5 heterocycles. The van der Waals surface area contributed by atoms with Crippen molar-refractivity contribution in [3.8, 4) is 22.9 Å². The molecule has 3 aliphatic heterocycles. The predicted molar refractivity (Wildman–Crippen MR) is 135 cm³/mol. The van der Waals surface area contributed by atoms with Gasteiger partial charge in [0.15, 0.2) is 0 Å². The van der Waals surface area contributed by atoms with Crippen LogP contribution >= 0.6 is 0 Å². The smallest absolute Gasteiger partial charge is 0.139 e. The lowest BCUT2D eigenvalue weighted by Crippen LogP contribution is -2.65. The van der Waals surface area contributed by atoms with Crippen LogP contribution in [0.25, 0.3) is 11.1 Å². The van der Waals surface area contributed by atoms with Crippen LogP contribution < -0.4 is 10.1 Å². The number of anilines is 2. The largest absolute Gasteiger partial charge is 0.489 e. The fourth-order valence-corrected chi connectivity index (χ4v) is 5.16. The molecule has 6 rings (SSSR count). The van der Waals surface area contributed by atoms with Gasteiger partial charge in [0.2, 0.25) is 0 Å². The van der Waals surface area contributed by atoms with E-state index in [1.807, 2.05) is 42.6 Å². The highest BCUT2D eigenvalue weighted by atomic mass is 16.5. The summed E-state index contributed by atoms with van der Waals surface area (Å²) in [7, 11) is 0. The van der Waals surface area contributed by atoms with Crippen LogP contribution in [0.4, 0.5) is 11.6 Å². The summed E-state index contributed by atoms with van der Waals surface area (Å²) in [5.41, 5.74) is 3.91. The molecule has 8 heteroatoms. The van der Waals surface area contributed by atoms with Gasteiger partial charge in [-0.25, -0.2) is 9.97 Å². The van der Waals surface area contributed by atoms with E-state index < -0.39 is 0 Å². The number of hydrogen-bond acceptors (Lipinski definition) is 8. The second-order valence-corrected chi connectivity index (χ2v) is 9.97. The highest BCUT2D eigenvalue weighted by molar-refractivity contribution is 5.79. The van der Waals surface area contributed by atoms with E-state index >= 15 is 0 Å². The van der Waals surface area contributed by atoms with E-state index in [-0.39, 0.29) is 6.10 Å². The Morgan fingerprint density at radius 1 is 1.08 bits per heavy atom. The van der Waals surface area contributed by atoms with Crippen LogP contribution in [-0.4, -0.2) is 60.5 Å². The molecule has 3 aromatic rings. The summed E-state index contributed by atoms with van der Waals surface area (Å²) < 4.78 is 16.9. The third-order valence-electron chi connectivity index (χ3n) is 7.09. The number of hydrogen-bond donors (Lipinski definition) is 1. The first-order valence-corrected chi connectivity index (χ1v) is 12.5. The minimum absolute atomic E-state index is 0.0794. The fourth-order valence-electron chi connectivity index (χ4n) is 5.16. The molecular formula is C28H29N5O3. The molecule has 1 spiro atoms. The first-order chi connectivity index (χ1) is 17.7. The zero-order valence-electron chi connectivity index (χ0n) is 20.2. The van der Waals surface area contributed by atoms with Crippen molar-refractivity contribution in [1.29, 1.82) is 5.26 Å². The SMILES string of the molecule is N#Cc1cc(-c2cccnc2Nc2ccc(CN3CC4(COC4)C3)cn2)ccc1OC1CCOCC1. The molecule has 184 valence electrons. The van der Waals surface area contributed by atoms with Crippen molar-refractivity contribution >= 4 is 11.6 Å². The third kappa shape index (κ3) is 4.78. The highest BCUT2D eigenvalue weighted by Crippen LogP contribution is 2.38. The van der Waals surface area contributed by atoms with Gasteiger partial charge in [-0.15, -0.1) is 0 Å². The Kier molecular flexibility index (Phi) is 6.28. The van der Waals surface area contributed by atoms with Gasteiger partial charge in [0.05, 0.1) is 32.0 Å². The molecular weight excluding hydrogens is 454 g/mol. The number of ether oxygens (including phenoxy) is 3. The van der Waals surface area contributed by atoms with Crippen molar-refractivity contribution in [3.63, 3.8) is 0 Å². The number of nitriles is 1. The van der Waals surface area contributed by atoms with Crippen molar-refractivity contribution < 1.29 is 14.2 Å². The summed E-state index contributed by atoms with van der Waals surface area (Å²) >= 11 is 0. The van der Waals surface area contributed by atoms with Gasteiger partial charge in [-0.05, 0) is 41.5 Å². The molecule has 3 aliphatic rings. The van der Waals surface area contributed by atoms with Crippen molar-refractivity contribution in [2.45, 2.75) is 25.5 Å². The van der Waals surface area contributed by atoms with Crippen LogP contribution in [0.1, 0.15) is 24.0 Å². The average molecular weight is 484 g/mol. The molecule has 1 N–H and O–H groups in total. The molecule has 2 aromatic heterocycles. The maximum absolute atomic E-state index is 9.77. The number of pyridine rings is 2. The summed E-state index contributed by atoms with van der Waals surface area (Å²) in [6, 6.07) is 16.0. The molecule has 0 unspecified atom stereocenters. The summed E-state index contributed by atoms with van der Waals surface area (Å²) in [5, 5.41) is 13.1. The maximum Gasteiger partial charge on any atom is 0.139 e. The van der Waals surface area contributed by atoms with Crippen LogP contribution in [0, 0.1) is 16.7 Å². The van der Waals surface area contributed by atoms with Crippen molar-refractivity contribution in [2.24, 2.45) is 5.41 Å². The lowest BCUT2D eigenvalue weighted by Gasteiger charge is -2.55. The predicted octanol–water partition coefficient (Wildman–Crippen LogP) is 4.15.